The van der Waals surface area contributed by atoms with Gasteiger partial charge in [0.05, 0.1) is 5.39 Å². The van der Waals surface area contributed by atoms with Gasteiger partial charge in [0.25, 0.3) is 0 Å². The fourth-order valence-electron chi connectivity index (χ4n) is 2.36. The van der Waals surface area contributed by atoms with E-state index in [9.17, 15) is 0 Å². The van der Waals surface area contributed by atoms with Gasteiger partial charge in [-0.15, -0.1) is 11.3 Å². The Bertz CT molecular complexity index is 574. The van der Waals surface area contributed by atoms with Crippen molar-refractivity contribution >= 4 is 33.3 Å². The molecule has 3 N–H and O–H groups in total. The van der Waals surface area contributed by atoms with Gasteiger partial charge in [0, 0.05) is 31.1 Å². The first-order chi connectivity index (χ1) is 9.28. The van der Waals surface area contributed by atoms with Gasteiger partial charge in [-0.2, -0.15) is 4.98 Å². The van der Waals surface area contributed by atoms with E-state index in [4.69, 9.17) is 5.73 Å². The number of piperazine rings is 1. The largest absolute Gasteiger partial charge is 0.383 e. The van der Waals surface area contributed by atoms with Crippen LogP contribution in [0, 0.1) is 0 Å². The molecular weight excluding hydrogens is 258 g/mol. The lowest BCUT2D eigenvalue weighted by Crippen LogP contribution is -2.44. The number of rotatable bonds is 3. The Hall–Kier alpha value is -1.40. The van der Waals surface area contributed by atoms with E-state index in [0.29, 0.717) is 5.82 Å². The molecule has 1 aliphatic rings. The second-order valence-corrected chi connectivity index (χ2v) is 5.94. The number of nitrogens with zero attached hydrogens (tertiary/aromatic N) is 3. The smallest absolute Gasteiger partial charge is 0.228 e. The van der Waals surface area contributed by atoms with E-state index in [1.54, 1.807) is 11.3 Å². The third-order valence-corrected chi connectivity index (χ3v) is 4.45. The van der Waals surface area contributed by atoms with Gasteiger partial charge in [-0.1, -0.05) is 13.3 Å². The number of hydrogen-bond donors (Lipinski definition) is 2. The van der Waals surface area contributed by atoms with E-state index in [2.05, 4.69) is 33.2 Å². The molecule has 3 heterocycles. The van der Waals surface area contributed by atoms with Crippen LogP contribution in [0.1, 0.15) is 18.2 Å². The van der Waals surface area contributed by atoms with E-state index in [1.807, 2.05) is 0 Å². The lowest BCUT2D eigenvalue weighted by Gasteiger charge is -2.27. The van der Waals surface area contributed by atoms with Crippen LogP contribution in [0.4, 0.5) is 11.8 Å². The van der Waals surface area contributed by atoms with Gasteiger partial charge in [0.15, 0.2) is 0 Å². The first-order valence-electron chi connectivity index (χ1n) is 6.79. The summed E-state index contributed by atoms with van der Waals surface area (Å²) in [4.78, 5) is 13.7. The third kappa shape index (κ3) is 2.50. The summed E-state index contributed by atoms with van der Waals surface area (Å²) in [6, 6.07) is 2.14. The average molecular weight is 277 g/mol. The molecule has 1 fully saturated rings. The first-order valence-corrected chi connectivity index (χ1v) is 7.61. The van der Waals surface area contributed by atoms with Crippen molar-refractivity contribution in [2.45, 2.75) is 19.8 Å². The molecule has 0 saturated carbocycles. The van der Waals surface area contributed by atoms with Gasteiger partial charge < -0.3 is 16.0 Å². The maximum Gasteiger partial charge on any atom is 0.228 e. The molecule has 0 atom stereocenters. The minimum absolute atomic E-state index is 0.608. The molecule has 0 radical (unpaired) electrons. The van der Waals surface area contributed by atoms with Crippen molar-refractivity contribution in [3.63, 3.8) is 0 Å². The molecule has 3 rings (SSSR count). The van der Waals surface area contributed by atoms with Gasteiger partial charge in [-0.05, 0) is 12.5 Å². The van der Waals surface area contributed by atoms with Crippen LogP contribution in [-0.2, 0) is 6.42 Å². The minimum atomic E-state index is 0.608. The molecule has 0 aromatic carbocycles. The SMILES string of the molecule is CCCc1cc2c(N)nc(N3CCNCC3)nc2s1. The summed E-state index contributed by atoms with van der Waals surface area (Å²) < 4.78 is 0. The van der Waals surface area contributed by atoms with Crippen LogP contribution in [0.25, 0.3) is 10.2 Å². The van der Waals surface area contributed by atoms with E-state index in [0.717, 1.165) is 55.2 Å². The highest BCUT2D eigenvalue weighted by molar-refractivity contribution is 7.18. The number of nitrogen functional groups attached to an aromatic ring is 1. The molecule has 0 unspecified atom stereocenters. The summed E-state index contributed by atoms with van der Waals surface area (Å²) in [6.07, 6.45) is 2.23. The van der Waals surface area contributed by atoms with Crippen LogP contribution >= 0.6 is 11.3 Å². The van der Waals surface area contributed by atoms with E-state index < -0.39 is 0 Å². The molecule has 0 spiro atoms. The van der Waals surface area contributed by atoms with Gasteiger partial charge in [-0.3, -0.25) is 0 Å². The van der Waals surface area contributed by atoms with Crippen LogP contribution in [0.15, 0.2) is 6.07 Å². The molecule has 1 aliphatic heterocycles. The van der Waals surface area contributed by atoms with Crippen LogP contribution in [-0.4, -0.2) is 36.1 Å². The van der Waals surface area contributed by atoms with Gasteiger partial charge in [0.2, 0.25) is 5.95 Å². The molecule has 0 aliphatic carbocycles. The van der Waals surface area contributed by atoms with E-state index in [1.165, 1.54) is 4.88 Å². The van der Waals surface area contributed by atoms with Crippen LogP contribution in [0.3, 0.4) is 0 Å². The number of aromatic nitrogens is 2. The van der Waals surface area contributed by atoms with Crippen molar-refractivity contribution in [1.29, 1.82) is 0 Å². The molecule has 0 amide bonds. The summed E-state index contributed by atoms with van der Waals surface area (Å²) in [6.45, 7) is 6.03. The summed E-state index contributed by atoms with van der Waals surface area (Å²) in [5.41, 5.74) is 6.09. The van der Waals surface area contributed by atoms with Crippen LogP contribution in [0.5, 0.6) is 0 Å². The molecule has 6 heteroatoms. The Kier molecular flexibility index (Phi) is 3.52. The van der Waals surface area contributed by atoms with Gasteiger partial charge >= 0.3 is 0 Å². The van der Waals surface area contributed by atoms with Crippen molar-refractivity contribution in [1.82, 2.24) is 15.3 Å². The Balaban J connectivity index is 1.97. The quantitative estimate of drug-likeness (QED) is 0.892. The number of anilines is 2. The zero-order valence-electron chi connectivity index (χ0n) is 11.1. The number of nitrogens with one attached hydrogen (secondary N) is 1. The average Bonchev–Trinajstić information content (AvgIpc) is 2.83. The highest BCUT2D eigenvalue weighted by atomic mass is 32.1. The molecule has 2 aromatic rings. The number of thiophene rings is 1. The number of aryl methyl sites for hydroxylation is 1. The van der Waals surface area contributed by atoms with Crippen molar-refractivity contribution in [3.05, 3.63) is 10.9 Å². The summed E-state index contributed by atoms with van der Waals surface area (Å²) in [5.74, 6) is 1.38. The van der Waals surface area contributed by atoms with Crippen molar-refractivity contribution < 1.29 is 0 Å². The maximum absolute atomic E-state index is 6.09. The predicted molar refractivity (Wildman–Crippen MR) is 80.9 cm³/mol. The second-order valence-electron chi connectivity index (χ2n) is 4.83. The fraction of sp³-hybridized carbons (Fsp3) is 0.538. The van der Waals surface area contributed by atoms with Crippen LogP contribution < -0.4 is 16.0 Å². The summed E-state index contributed by atoms with van der Waals surface area (Å²) in [7, 11) is 0. The van der Waals surface area contributed by atoms with Gasteiger partial charge in [0.1, 0.15) is 10.6 Å². The Labute approximate surface area is 116 Å². The highest BCUT2D eigenvalue weighted by Gasteiger charge is 2.16. The number of nitrogens with two attached hydrogens (primary N) is 1. The molecule has 5 nitrogen and oxygen atoms in total. The van der Waals surface area contributed by atoms with E-state index in [-0.39, 0.29) is 0 Å². The highest BCUT2D eigenvalue weighted by Crippen LogP contribution is 2.30. The topological polar surface area (TPSA) is 67.1 Å². The van der Waals surface area contributed by atoms with Crippen LogP contribution in [0.2, 0.25) is 0 Å². The second kappa shape index (κ2) is 5.30. The van der Waals surface area contributed by atoms with Crippen molar-refractivity contribution in [2.24, 2.45) is 0 Å². The third-order valence-electron chi connectivity index (χ3n) is 3.36. The van der Waals surface area contributed by atoms with Gasteiger partial charge in [-0.25, -0.2) is 4.98 Å². The monoisotopic (exact) mass is 277 g/mol. The predicted octanol–water partition coefficient (Wildman–Crippen LogP) is 1.64. The molecule has 102 valence electrons. The Morgan fingerprint density at radius 1 is 1.37 bits per heavy atom. The summed E-state index contributed by atoms with van der Waals surface area (Å²) >= 11 is 1.74. The molecule has 0 bridgehead atoms. The zero-order chi connectivity index (χ0) is 13.2. The Morgan fingerprint density at radius 2 is 2.16 bits per heavy atom. The van der Waals surface area contributed by atoms with E-state index >= 15 is 0 Å². The lowest BCUT2D eigenvalue weighted by molar-refractivity contribution is 0.581. The first kappa shape index (κ1) is 12.6. The molecule has 2 aromatic heterocycles. The van der Waals surface area contributed by atoms with Crippen molar-refractivity contribution in [3.8, 4) is 0 Å². The molecule has 1 saturated heterocycles. The lowest BCUT2D eigenvalue weighted by atomic mass is 10.2. The number of hydrogen-bond acceptors (Lipinski definition) is 6. The standard InChI is InChI=1S/C13H19N5S/c1-2-3-9-8-10-11(14)16-13(17-12(10)19-9)18-6-4-15-5-7-18/h8,15H,2-7H2,1H3,(H2,14,16,17). The maximum atomic E-state index is 6.09. The summed E-state index contributed by atoms with van der Waals surface area (Å²) in [5, 5.41) is 4.34. The number of fused-ring (bicyclic) bond motifs is 1. The molecule has 19 heavy (non-hydrogen) atoms. The minimum Gasteiger partial charge on any atom is -0.383 e. The van der Waals surface area contributed by atoms with Crippen molar-refractivity contribution in [2.75, 3.05) is 36.8 Å². The normalized spacial score (nSPS) is 16.2. The Morgan fingerprint density at radius 3 is 2.89 bits per heavy atom. The fourth-order valence-corrected chi connectivity index (χ4v) is 3.49. The zero-order valence-corrected chi connectivity index (χ0v) is 12.0. The molecular formula is C13H19N5S.